The van der Waals surface area contributed by atoms with Crippen molar-refractivity contribution in [1.82, 2.24) is 5.32 Å². The van der Waals surface area contributed by atoms with E-state index in [2.05, 4.69) is 11.9 Å². The fraction of sp³-hybridized carbons (Fsp3) is 0.667. The molecule has 0 spiro atoms. The van der Waals surface area contributed by atoms with Gasteiger partial charge in [-0.15, -0.1) is 0 Å². The molecule has 0 saturated carbocycles. The van der Waals surface area contributed by atoms with Gasteiger partial charge in [0.15, 0.2) is 0 Å². The number of nitrogens with two attached hydrogens (primary N) is 1. The normalized spacial score (nSPS) is 8.75. The summed E-state index contributed by atoms with van der Waals surface area (Å²) in [6.07, 6.45) is 2.02. The van der Waals surface area contributed by atoms with Crippen LogP contribution in [-0.4, -0.2) is 13.6 Å². The van der Waals surface area contributed by atoms with Crippen LogP contribution in [0.1, 0.15) is 12.8 Å². The van der Waals surface area contributed by atoms with E-state index < -0.39 is 0 Å². The molecule has 0 atom stereocenters. The van der Waals surface area contributed by atoms with Gasteiger partial charge in [-0.3, -0.25) is 0 Å². The second-order valence-electron chi connectivity index (χ2n) is 1.75. The summed E-state index contributed by atoms with van der Waals surface area (Å²) in [6.45, 7) is 4.49. The van der Waals surface area contributed by atoms with Gasteiger partial charge in [0.05, 0.1) is 0 Å². The standard InChI is InChI=1S/C6H14N2/c1-6(8-2)4-3-5-7/h8H,1,3-5,7H2,2H3. The lowest BCUT2D eigenvalue weighted by Gasteiger charge is -2.00. The zero-order valence-corrected chi connectivity index (χ0v) is 5.41. The van der Waals surface area contributed by atoms with E-state index in [-0.39, 0.29) is 0 Å². The highest BCUT2D eigenvalue weighted by Crippen LogP contribution is 1.93. The Hall–Kier alpha value is -0.500. The number of hydrogen-bond acceptors (Lipinski definition) is 2. The molecule has 2 heteroatoms. The summed E-state index contributed by atoms with van der Waals surface area (Å²) in [6, 6.07) is 0. The van der Waals surface area contributed by atoms with Gasteiger partial charge in [0.25, 0.3) is 0 Å². The molecule has 0 saturated heterocycles. The first-order valence-electron chi connectivity index (χ1n) is 2.87. The predicted octanol–water partition coefficient (Wildman–Crippen LogP) is 0.458. The van der Waals surface area contributed by atoms with Gasteiger partial charge in [-0.25, -0.2) is 0 Å². The third kappa shape index (κ3) is 3.68. The molecule has 0 bridgehead atoms. The minimum absolute atomic E-state index is 0.751. The molecule has 0 rings (SSSR count). The van der Waals surface area contributed by atoms with Crippen LogP contribution in [-0.2, 0) is 0 Å². The van der Waals surface area contributed by atoms with Crippen LogP contribution in [0.4, 0.5) is 0 Å². The van der Waals surface area contributed by atoms with Gasteiger partial charge in [0.2, 0.25) is 0 Å². The number of allylic oxidation sites excluding steroid dienone is 1. The molecule has 0 radical (unpaired) electrons. The van der Waals surface area contributed by atoms with Crippen LogP contribution in [0.15, 0.2) is 12.3 Å². The average Bonchev–Trinajstić information content (AvgIpc) is 1.83. The van der Waals surface area contributed by atoms with Crippen LogP contribution >= 0.6 is 0 Å². The molecule has 2 nitrogen and oxygen atoms in total. The van der Waals surface area contributed by atoms with E-state index in [1.807, 2.05) is 7.05 Å². The maximum atomic E-state index is 5.26. The highest BCUT2D eigenvalue weighted by atomic mass is 14.8. The van der Waals surface area contributed by atoms with E-state index >= 15 is 0 Å². The Labute approximate surface area is 50.8 Å². The fourth-order valence-electron chi connectivity index (χ4n) is 0.440. The van der Waals surface area contributed by atoms with Gasteiger partial charge in [-0.05, 0) is 19.4 Å². The molecule has 0 heterocycles. The Bertz CT molecular complexity index is 68.9. The minimum Gasteiger partial charge on any atom is -0.392 e. The summed E-state index contributed by atoms with van der Waals surface area (Å²) < 4.78 is 0. The van der Waals surface area contributed by atoms with E-state index in [0.29, 0.717) is 0 Å². The fourth-order valence-corrected chi connectivity index (χ4v) is 0.440. The van der Waals surface area contributed by atoms with Crippen molar-refractivity contribution in [2.24, 2.45) is 5.73 Å². The molecule has 0 aromatic rings. The molecule has 0 amide bonds. The Morgan fingerprint density at radius 1 is 1.75 bits per heavy atom. The minimum atomic E-state index is 0.751. The van der Waals surface area contributed by atoms with Crippen molar-refractivity contribution in [1.29, 1.82) is 0 Å². The van der Waals surface area contributed by atoms with E-state index in [9.17, 15) is 0 Å². The van der Waals surface area contributed by atoms with Crippen LogP contribution in [0.2, 0.25) is 0 Å². The SMILES string of the molecule is C=C(CCCN)NC. The zero-order valence-electron chi connectivity index (χ0n) is 5.41. The second-order valence-corrected chi connectivity index (χ2v) is 1.75. The van der Waals surface area contributed by atoms with Crippen molar-refractivity contribution in [2.75, 3.05) is 13.6 Å². The molecule has 3 N–H and O–H groups in total. The lowest BCUT2D eigenvalue weighted by atomic mass is 10.2. The number of nitrogens with one attached hydrogen (secondary N) is 1. The first-order valence-corrected chi connectivity index (χ1v) is 2.87. The smallest absolute Gasteiger partial charge is 0.00315 e. The van der Waals surface area contributed by atoms with Gasteiger partial charge in [0.1, 0.15) is 0 Å². The summed E-state index contributed by atoms with van der Waals surface area (Å²) in [7, 11) is 1.87. The Morgan fingerprint density at radius 3 is 2.75 bits per heavy atom. The van der Waals surface area contributed by atoms with Crippen molar-refractivity contribution >= 4 is 0 Å². The maximum absolute atomic E-state index is 5.26. The van der Waals surface area contributed by atoms with Crippen LogP contribution < -0.4 is 11.1 Å². The average molecular weight is 114 g/mol. The molecule has 0 aliphatic heterocycles. The van der Waals surface area contributed by atoms with E-state index in [4.69, 9.17) is 5.73 Å². The van der Waals surface area contributed by atoms with Crippen molar-refractivity contribution in [3.05, 3.63) is 12.3 Å². The highest BCUT2D eigenvalue weighted by molar-refractivity contribution is 4.88. The van der Waals surface area contributed by atoms with Crippen molar-refractivity contribution in [3.63, 3.8) is 0 Å². The molecule has 8 heavy (non-hydrogen) atoms. The molecular weight excluding hydrogens is 100 g/mol. The van der Waals surface area contributed by atoms with Gasteiger partial charge in [-0.2, -0.15) is 0 Å². The quantitative estimate of drug-likeness (QED) is 0.557. The van der Waals surface area contributed by atoms with Crippen LogP contribution in [0, 0.1) is 0 Å². The highest BCUT2D eigenvalue weighted by Gasteiger charge is 1.85. The van der Waals surface area contributed by atoms with E-state index in [1.54, 1.807) is 0 Å². The summed E-state index contributed by atoms with van der Waals surface area (Å²) in [5.41, 5.74) is 6.33. The first kappa shape index (κ1) is 7.50. The molecule has 0 aromatic carbocycles. The predicted molar refractivity (Wildman–Crippen MR) is 36.5 cm³/mol. The molecular formula is C6H14N2. The Morgan fingerprint density at radius 2 is 2.38 bits per heavy atom. The molecule has 0 aliphatic carbocycles. The number of hydrogen-bond donors (Lipinski definition) is 2. The monoisotopic (exact) mass is 114 g/mol. The Balaban J connectivity index is 2.99. The van der Waals surface area contributed by atoms with Crippen LogP contribution in [0.25, 0.3) is 0 Å². The van der Waals surface area contributed by atoms with Crippen LogP contribution in [0.5, 0.6) is 0 Å². The molecule has 0 unspecified atom stereocenters. The Kier molecular flexibility index (Phi) is 4.36. The summed E-state index contributed by atoms with van der Waals surface area (Å²) in [5, 5.41) is 2.95. The summed E-state index contributed by atoms with van der Waals surface area (Å²) in [5.74, 6) is 0. The van der Waals surface area contributed by atoms with Gasteiger partial charge in [-0.1, -0.05) is 6.58 Å². The third-order valence-electron chi connectivity index (χ3n) is 1.04. The summed E-state index contributed by atoms with van der Waals surface area (Å²) in [4.78, 5) is 0. The molecule has 48 valence electrons. The molecule has 0 aliphatic rings. The zero-order chi connectivity index (χ0) is 6.41. The molecule has 0 aromatic heterocycles. The molecule has 0 fully saturated rings. The lowest BCUT2D eigenvalue weighted by molar-refractivity contribution is 0.774. The van der Waals surface area contributed by atoms with Crippen molar-refractivity contribution in [3.8, 4) is 0 Å². The maximum Gasteiger partial charge on any atom is 0.00315 e. The second kappa shape index (κ2) is 4.65. The largest absolute Gasteiger partial charge is 0.392 e. The van der Waals surface area contributed by atoms with Gasteiger partial charge >= 0.3 is 0 Å². The summed E-state index contributed by atoms with van der Waals surface area (Å²) >= 11 is 0. The van der Waals surface area contributed by atoms with Crippen molar-refractivity contribution in [2.45, 2.75) is 12.8 Å². The topological polar surface area (TPSA) is 38.0 Å². The lowest BCUT2D eigenvalue weighted by Crippen LogP contribution is -2.06. The third-order valence-corrected chi connectivity index (χ3v) is 1.04. The van der Waals surface area contributed by atoms with Crippen molar-refractivity contribution < 1.29 is 0 Å². The number of rotatable bonds is 4. The van der Waals surface area contributed by atoms with E-state index in [0.717, 1.165) is 25.1 Å². The van der Waals surface area contributed by atoms with Crippen LogP contribution in [0.3, 0.4) is 0 Å². The first-order chi connectivity index (χ1) is 3.81. The van der Waals surface area contributed by atoms with Gasteiger partial charge < -0.3 is 11.1 Å². The van der Waals surface area contributed by atoms with Gasteiger partial charge in [0, 0.05) is 12.7 Å². The van der Waals surface area contributed by atoms with E-state index in [1.165, 1.54) is 0 Å².